The molecule has 0 saturated heterocycles. The van der Waals surface area contributed by atoms with E-state index in [-0.39, 0.29) is 0 Å². The molecule has 1 heterocycles. The van der Waals surface area contributed by atoms with Crippen molar-refractivity contribution < 1.29 is 0 Å². The summed E-state index contributed by atoms with van der Waals surface area (Å²) in [4.78, 5) is 0. The van der Waals surface area contributed by atoms with E-state index in [2.05, 4.69) is 5.10 Å². The van der Waals surface area contributed by atoms with Crippen molar-refractivity contribution in [2.45, 2.75) is 0 Å². The van der Waals surface area contributed by atoms with Gasteiger partial charge in [0, 0.05) is 13.2 Å². The summed E-state index contributed by atoms with van der Waals surface area (Å²) in [7, 11) is 3.95. The van der Waals surface area contributed by atoms with Crippen LogP contribution in [0.3, 0.4) is 0 Å². The van der Waals surface area contributed by atoms with E-state index in [1.807, 2.05) is 25.6 Å². The van der Waals surface area contributed by atoms with E-state index in [0.29, 0.717) is 0 Å². The molecule has 1 rings (SSSR count). The predicted octanol–water partition coefficient (Wildman–Crippen LogP) is -1.32. The van der Waals surface area contributed by atoms with Gasteiger partial charge in [-0.25, -0.2) is 0 Å². The summed E-state index contributed by atoms with van der Waals surface area (Å²) in [5.74, 6) is 0. The summed E-state index contributed by atoms with van der Waals surface area (Å²) in [6, 6.07) is 1.97. The van der Waals surface area contributed by atoms with Crippen LogP contribution in [0.1, 0.15) is 0 Å². The van der Waals surface area contributed by atoms with Crippen LogP contribution in [0.15, 0.2) is 12.3 Å². The first-order valence-electron chi connectivity index (χ1n) is 2.25. The van der Waals surface area contributed by atoms with E-state index < -0.39 is 0 Å². The van der Waals surface area contributed by atoms with Gasteiger partial charge in [0.25, 0.3) is 0 Å². The van der Waals surface area contributed by atoms with E-state index >= 15 is 0 Å². The van der Waals surface area contributed by atoms with Crippen molar-refractivity contribution >= 4 is 13.4 Å². The molecule has 36 valence electrons. The lowest BCUT2D eigenvalue weighted by Gasteiger charge is -1.87. The van der Waals surface area contributed by atoms with Crippen molar-refractivity contribution in [3.63, 3.8) is 0 Å². The zero-order valence-electron chi connectivity index (χ0n) is 4.55. The lowest BCUT2D eigenvalue weighted by molar-refractivity contribution is 0.789. The van der Waals surface area contributed by atoms with Crippen molar-refractivity contribution in [2.24, 2.45) is 7.05 Å². The van der Waals surface area contributed by atoms with E-state index in [0.717, 1.165) is 0 Å². The monoisotopic (exact) mass is 94.1 g/mol. The Morgan fingerprint density at radius 1 is 1.86 bits per heavy atom. The summed E-state index contributed by atoms with van der Waals surface area (Å²) >= 11 is 0. The minimum absolute atomic E-state index is 1.19. The van der Waals surface area contributed by atoms with E-state index in [4.69, 9.17) is 0 Å². The average Bonchev–Trinajstić information content (AvgIpc) is 1.91. The van der Waals surface area contributed by atoms with Gasteiger partial charge >= 0.3 is 0 Å². The minimum Gasteiger partial charge on any atom is -0.283 e. The Hall–Kier alpha value is -0.725. The topological polar surface area (TPSA) is 17.8 Å². The SMILES string of the molecule is Bc1ccnn1C. The fourth-order valence-electron chi connectivity index (χ4n) is 0.440. The maximum atomic E-state index is 3.93. The quantitative estimate of drug-likeness (QED) is 0.364. The number of nitrogens with zero attached hydrogens (tertiary/aromatic N) is 2. The first-order chi connectivity index (χ1) is 3.30. The molecule has 1 aromatic rings. The van der Waals surface area contributed by atoms with Crippen LogP contribution in [-0.4, -0.2) is 17.6 Å². The highest BCUT2D eigenvalue weighted by molar-refractivity contribution is 6.30. The summed E-state index contributed by atoms with van der Waals surface area (Å²) in [6.45, 7) is 0. The highest BCUT2D eigenvalue weighted by atomic mass is 15.2. The molecule has 0 unspecified atom stereocenters. The third kappa shape index (κ3) is 0.658. The molecule has 0 spiro atoms. The lowest BCUT2D eigenvalue weighted by Crippen LogP contribution is -2.13. The second-order valence-electron chi connectivity index (χ2n) is 1.60. The second-order valence-corrected chi connectivity index (χ2v) is 1.60. The summed E-state index contributed by atoms with van der Waals surface area (Å²) in [5.41, 5.74) is 1.19. The Balaban J connectivity index is 3.12. The average molecular weight is 93.9 g/mol. The van der Waals surface area contributed by atoms with Crippen LogP contribution in [0.5, 0.6) is 0 Å². The molecule has 0 N–H and O–H groups in total. The van der Waals surface area contributed by atoms with Crippen LogP contribution < -0.4 is 5.59 Å². The molecule has 0 aliphatic heterocycles. The molecule has 3 heteroatoms. The zero-order valence-corrected chi connectivity index (χ0v) is 4.55. The van der Waals surface area contributed by atoms with E-state index in [9.17, 15) is 0 Å². The summed E-state index contributed by atoms with van der Waals surface area (Å²) in [5, 5.41) is 3.93. The number of aryl methyl sites for hydroxylation is 1. The Morgan fingerprint density at radius 3 is 2.71 bits per heavy atom. The van der Waals surface area contributed by atoms with Crippen LogP contribution in [0.4, 0.5) is 0 Å². The van der Waals surface area contributed by atoms with Gasteiger partial charge in [0.05, 0.1) is 0 Å². The molecule has 0 amide bonds. The van der Waals surface area contributed by atoms with Gasteiger partial charge in [-0.1, -0.05) is 0 Å². The first kappa shape index (κ1) is 4.43. The van der Waals surface area contributed by atoms with Crippen LogP contribution in [0, 0.1) is 0 Å². The van der Waals surface area contributed by atoms with E-state index in [1.54, 1.807) is 6.20 Å². The molecular formula is C4H7BN2. The van der Waals surface area contributed by atoms with Gasteiger partial charge in [-0.05, 0) is 11.7 Å². The third-order valence-corrected chi connectivity index (χ3v) is 1.07. The highest BCUT2D eigenvalue weighted by Crippen LogP contribution is 1.68. The van der Waals surface area contributed by atoms with Gasteiger partial charge in [-0.2, -0.15) is 5.10 Å². The molecule has 2 nitrogen and oxygen atoms in total. The predicted molar refractivity (Wildman–Crippen MR) is 31.4 cm³/mol. The molecule has 0 radical (unpaired) electrons. The Labute approximate surface area is 43.6 Å². The van der Waals surface area contributed by atoms with Crippen LogP contribution in [0.25, 0.3) is 0 Å². The molecular weight excluding hydrogens is 86.9 g/mol. The summed E-state index contributed by atoms with van der Waals surface area (Å²) < 4.78 is 1.83. The van der Waals surface area contributed by atoms with Gasteiger partial charge in [-0.3, -0.25) is 4.68 Å². The first-order valence-corrected chi connectivity index (χ1v) is 2.25. The van der Waals surface area contributed by atoms with Crippen molar-refractivity contribution in [2.75, 3.05) is 0 Å². The standard InChI is InChI=1S/C4H7BN2/c1-7-4(5)2-3-6-7/h2-3H,5H2,1H3. The van der Waals surface area contributed by atoms with Gasteiger partial charge in [0.1, 0.15) is 0 Å². The fourth-order valence-corrected chi connectivity index (χ4v) is 0.440. The largest absolute Gasteiger partial charge is 0.283 e. The molecule has 1 aromatic heterocycles. The van der Waals surface area contributed by atoms with Gasteiger partial charge < -0.3 is 0 Å². The number of hydrogen-bond donors (Lipinski definition) is 0. The van der Waals surface area contributed by atoms with Crippen molar-refractivity contribution in [1.82, 2.24) is 9.78 Å². The van der Waals surface area contributed by atoms with E-state index in [1.165, 1.54) is 5.59 Å². The molecule has 0 aliphatic carbocycles. The van der Waals surface area contributed by atoms with Crippen molar-refractivity contribution in [1.29, 1.82) is 0 Å². The molecule has 0 fully saturated rings. The molecule has 0 aromatic carbocycles. The van der Waals surface area contributed by atoms with Crippen LogP contribution in [0.2, 0.25) is 0 Å². The molecule has 0 atom stereocenters. The lowest BCUT2D eigenvalue weighted by atomic mass is 10.1. The smallest absolute Gasteiger partial charge is 0.163 e. The van der Waals surface area contributed by atoms with Gasteiger partial charge in [0.2, 0.25) is 0 Å². The van der Waals surface area contributed by atoms with Crippen molar-refractivity contribution in [3.8, 4) is 0 Å². The van der Waals surface area contributed by atoms with Gasteiger partial charge in [0.15, 0.2) is 7.85 Å². The fraction of sp³-hybridized carbons (Fsp3) is 0.250. The third-order valence-electron chi connectivity index (χ3n) is 1.07. The minimum atomic E-state index is 1.19. The molecule has 7 heavy (non-hydrogen) atoms. The second kappa shape index (κ2) is 1.41. The summed E-state index contributed by atoms with van der Waals surface area (Å²) in [6.07, 6.45) is 1.79. The highest BCUT2D eigenvalue weighted by Gasteiger charge is 1.83. The van der Waals surface area contributed by atoms with Gasteiger partial charge in [-0.15, -0.1) is 0 Å². The Bertz CT molecular complexity index is 142. The Kier molecular flexibility index (Phi) is 0.892. The number of hydrogen-bond acceptors (Lipinski definition) is 1. The van der Waals surface area contributed by atoms with Crippen molar-refractivity contribution in [3.05, 3.63) is 12.3 Å². The number of aromatic nitrogens is 2. The van der Waals surface area contributed by atoms with Crippen LogP contribution >= 0.6 is 0 Å². The molecule has 0 aliphatic rings. The Morgan fingerprint density at radius 2 is 2.57 bits per heavy atom. The molecule has 0 saturated carbocycles. The maximum Gasteiger partial charge on any atom is 0.163 e. The van der Waals surface area contributed by atoms with Crippen LogP contribution in [-0.2, 0) is 7.05 Å². The maximum absolute atomic E-state index is 3.93. The normalized spacial score (nSPS) is 9.29. The zero-order chi connectivity index (χ0) is 5.28. The molecule has 0 bridgehead atoms. The number of rotatable bonds is 0.